The van der Waals surface area contributed by atoms with Crippen molar-refractivity contribution in [3.05, 3.63) is 132 Å². The number of aliphatic hydroxyl groups is 2. The summed E-state index contributed by atoms with van der Waals surface area (Å²) in [4.78, 5) is 75.4. The largest absolute Gasteiger partial charge is 0.392 e. The minimum Gasteiger partial charge on any atom is -0.392 e. The van der Waals surface area contributed by atoms with Crippen molar-refractivity contribution >= 4 is 91.7 Å². The average Bonchev–Trinajstić information content (AvgIpc) is 3.41. The van der Waals surface area contributed by atoms with Gasteiger partial charge in [0, 0.05) is 113 Å². The van der Waals surface area contributed by atoms with Crippen LogP contribution in [0.25, 0.3) is 0 Å². The molecule has 2 aliphatic heterocycles. The van der Waals surface area contributed by atoms with Gasteiger partial charge in [-0.2, -0.15) is 0 Å². The number of pyridine rings is 2. The van der Waals surface area contributed by atoms with Crippen molar-refractivity contribution in [3.63, 3.8) is 0 Å². The molecule has 0 aliphatic carbocycles. The van der Waals surface area contributed by atoms with Gasteiger partial charge in [0.05, 0.1) is 22.9 Å². The molecular weight excluding hydrogens is 1190 g/mol. The zero-order chi connectivity index (χ0) is 59.3. The Morgan fingerprint density at radius 1 is 0.662 bits per heavy atom. The molecule has 6 N–H and O–H groups in total. The Morgan fingerprint density at radius 3 is 1.52 bits per heavy atom. The number of β-amino-alcohol motifs (C(OH)–C–C–N with tert-alkyl or cyclic N) is 2. The van der Waals surface area contributed by atoms with E-state index in [9.17, 15) is 34.2 Å². The number of likely N-dealkylation sites (N-methyl/N-ethyl adjacent to an activating group) is 1. The molecule has 6 rings (SSSR count). The smallest absolute Gasteiger partial charge is 0.239 e. The molecule has 2 fully saturated rings. The van der Waals surface area contributed by atoms with Crippen LogP contribution in [0.2, 0.25) is 0 Å². The number of rotatable bonds is 21. The number of carbonyl (C=O) groups excluding carboxylic acids is 5. The highest BCUT2D eigenvalue weighted by molar-refractivity contribution is 9.09. The van der Waals surface area contributed by atoms with Crippen molar-refractivity contribution in [2.24, 2.45) is 0 Å². The summed E-state index contributed by atoms with van der Waals surface area (Å²) in [5, 5.41) is 34.4. The van der Waals surface area contributed by atoms with E-state index in [2.05, 4.69) is 85.0 Å². The van der Waals surface area contributed by atoms with E-state index in [-0.39, 0.29) is 69.4 Å². The Hall–Kier alpha value is -4.35. The second-order valence-corrected chi connectivity index (χ2v) is 23.7. The van der Waals surface area contributed by atoms with Gasteiger partial charge in [0.1, 0.15) is 12.1 Å². The first-order valence-electron chi connectivity index (χ1n) is 26.9. The number of nitrogens with one attached hydrogen (secondary N) is 4. The first kappa shape index (κ1) is 69.9. The highest BCUT2D eigenvalue weighted by Crippen LogP contribution is 2.19. The van der Waals surface area contributed by atoms with Gasteiger partial charge >= 0.3 is 0 Å². The number of amides is 4. The minimum absolute atomic E-state index is 0.0380. The standard InChI is InChI=1S/C28H40BrN5O3.C22H35BN4O3.C6H6ClN.C2H2BrClO/c1-28(2,3)32-27(37)25-20-33(18-22-10-7-11-30-17-22)12-13-34(25)19-24(35)15-23(31-26(36)16-29)14-21-8-5-4-6-9-21;1-22(2,3)25-20(29)19-15-27(21(23)30)11-10-26(19)14-18(28)13-17(24-4)12-16-8-6-5-7-9-16;7-4-6-2-1-3-8-5-6;3-1-2(4)5/h4-11,17,23-25,35H,12-16,18-20H2,1-3H3,(H,31,36)(H,32,37);5-9,17-19,24,28H,10-15H2,1-4H3,(H,25,29);1-3,5H,4H2;1H2/t23?,24-,25-;17?,18-,19-;;/m00../s1. The van der Waals surface area contributed by atoms with Crippen molar-refractivity contribution in [2.75, 3.05) is 70.1 Å². The fourth-order valence-electron chi connectivity index (χ4n) is 9.02. The molecule has 0 bridgehead atoms. The molecule has 17 nitrogen and oxygen atoms in total. The number of carbonyl (C=O) groups is 5. The monoisotopic (exact) mass is 1270 g/mol. The third-order valence-corrected chi connectivity index (χ3v) is 14.4. The third-order valence-electron chi connectivity index (χ3n) is 12.6. The summed E-state index contributed by atoms with van der Waals surface area (Å²) in [5.41, 5.74) is 3.74. The molecule has 2 aliphatic rings. The van der Waals surface area contributed by atoms with Gasteiger partial charge < -0.3 is 36.4 Å². The highest BCUT2D eigenvalue weighted by atomic mass is 79.9. The van der Waals surface area contributed by atoms with E-state index >= 15 is 0 Å². The van der Waals surface area contributed by atoms with Crippen LogP contribution in [0.3, 0.4) is 0 Å². The van der Waals surface area contributed by atoms with Gasteiger partial charge in [-0.1, -0.05) is 105 Å². The first-order valence-corrected chi connectivity index (χ1v) is 30.0. The number of nitrogens with zero attached hydrogens (tertiary/aromatic N) is 6. The Labute approximate surface area is 502 Å². The number of piperazine rings is 2. The average molecular weight is 1270 g/mol. The summed E-state index contributed by atoms with van der Waals surface area (Å²) in [6.45, 7) is 16.3. The van der Waals surface area contributed by atoms with Crippen molar-refractivity contribution in [2.45, 2.75) is 127 Å². The lowest BCUT2D eigenvalue weighted by Gasteiger charge is -2.42. The lowest BCUT2D eigenvalue weighted by Crippen LogP contribution is -2.62. The summed E-state index contributed by atoms with van der Waals surface area (Å²) in [7, 11) is 7.33. The number of alkyl halides is 3. The Balaban J connectivity index is 0.000000347. The fraction of sp³-hybridized carbons (Fsp3) is 0.534. The van der Waals surface area contributed by atoms with Crippen LogP contribution in [0.5, 0.6) is 0 Å². The summed E-state index contributed by atoms with van der Waals surface area (Å²) in [6.07, 6.45) is 8.22. The van der Waals surface area contributed by atoms with Gasteiger partial charge in [0.25, 0.3) is 0 Å². The van der Waals surface area contributed by atoms with Gasteiger partial charge in [-0.3, -0.25) is 48.6 Å². The number of hydrogen-bond donors (Lipinski definition) is 6. The van der Waals surface area contributed by atoms with E-state index in [1.165, 1.54) is 10.5 Å². The second kappa shape index (κ2) is 37.0. The quantitative estimate of drug-likeness (QED) is 0.0318. The fourth-order valence-corrected chi connectivity index (χ4v) is 9.34. The SMILES string of the molecule is CC(C)(C)NC(=O)[C@@H]1CN(Cc2cccnc2)CCN1C[C@@H](O)CC(Cc1ccccc1)NC(=O)CBr.ClCc1cccnc1.O=C(Cl)CBr.[B]C(=O)N1CCN(C[C@@H](O)CC(Cc2ccccc2)NC)[C@H](C(=O)NC(C)(C)C)C1. The van der Waals surface area contributed by atoms with Crippen LogP contribution in [-0.4, -0.2) is 194 Å². The molecule has 22 heteroatoms. The van der Waals surface area contributed by atoms with Crippen LogP contribution in [0.15, 0.2) is 110 Å². The first-order chi connectivity index (χ1) is 37.9. The summed E-state index contributed by atoms with van der Waals surface area (Å²) < 4.78 is 0. The van der Waals surface area contributed by atoms with Gasteiger partial charge in [-0.15, -0.1) is 11.6 Å². The lowest BCUT2D eigenvalue weighted by atomic mass is 9.99. The number of benzene rings is 2. The molecule has 4 amide bonds. The van der Waals surface area contributed by atoms with Crippen molar-refractivity contribution < 1.29 is 34.2 Å². The van der Waals surface area contributed by atoms with Gasteiger partial charge in [-0.05, 0) is 120 Å². The molecule has 2 radical (unpaired) electrons. The lowest BCUT2D eigenvalue weighted by molar-refractivity contribution is -0.131. The molecule has 4 aromatic rings. The Bertz CT molecular complexity index is 2420. The molecule has 2 saturated heterocycles. The van der Waals surface area contributed by atoms with Crippen molar-refractivity contribution in [1.82, 2.24) is 50.8 Å². The Kier molecular flexibility index (Phi) is 32.3. The number of aliphatic hydroxyl groups excluding tert-OH is 2. The zero-order valence-electron chi connectivity index (χ0n) is 47.4. The van der Waals surface area contributed by atoms with E-state index < -0.39 is 24.1 Å². The summed E-state index contributed by atoms with van der Waals surface area (Å²) in [6, 6.07) is 26.9. The number of aromatic nitrogens is 2. The maximum Gasteiger partial charge on any atom is 0.239 e. The third kappa shape index (κ3) is 29.1. The Morgan fingerprint density at radius 2 is 1.11 bits per heavy atom. The molecular formula is C58H83BBr2Cl2N10O7. The van der Waals surface area contributed by atoms with Crippen molar-refractivity contribution in [3.8, 4) is 0 Å². The molecule has 0 spiro atoms. The van der Waals surface area contributed by atoms with Crippen LogP contribution in [0.4, 0.5) is 4.79 Å². The predicted molar refractivity (Wildman–Crippen MR) is 327 cm³/mol. The molecule has 80 heavy (non-hydrogen) atoms. The van der Waals surface area contributed by atoms with Gasteiger partial charge in [0.15, 0.2) is 5.81 Å². The van der Waals surface area contributed by atoms with E-state index in [4.69, 9.17) is 31.0 Å². The van der Waals surface area contributed by atoms with Crippen LogP contribution in [0, 0.1) is 0 Å². The summed E-state index contributed by atoms with van der Waals surface area (Å²) >= 11 is 16.3. The maximum absolute atomic E-state index is 13.3. The topological polar surface area (TPSA) is 213 Å². The maximum atomic E-state index is 13.3. The second-order valence-electron chi connectivity index (χ2n) is 21.9. The minimum atomic E-state index is -0.695. The molecule has 438 valence electrons. The number of halogens is 4. The van der Waals surface area contributed by atoms with Crippen LogP contribution < -0.4 is 21.3 Å². The number of hydrogen-bond acceptors (Lipinski definition) is 13. The molecule has 2 aromatic carbocycles. The van der Waals surface area contributed by atoms with E-state index in [1.54, 1.807) is 18.6 Å². The zero-order valence-corrected chi connectivity index (χ0v) is 52.1. The molecule has 2 unspecified atom stereocenters. The van der Waals surface area contributed by atoms with Crippen LogP contribution >= 0.6 is 55.1 Å². The molecule has 6 atom stereocenters. The van der Waals surface area contributed by atoms with Gasteiger partial charge in [0.2, 0.25) is 30.8 Å². The van der Waals surface area contributed by atoms with E-state index in [1.807, 2.05) is 132 Å². The van der Waals surface area contributed by atoms with Crippen LogP contribution in [0.1, 0.15) is 76.6 Å². The van der Waals surface area contributed by atoms with Gasteiger partial charge in [-0.25, -0.2) is 0 Å². The normalized spacial score (nSPS) is 17.5. The summed E-state index contributed by atoms with van der Waals surface area (Å²) in [5.74, 6) is -0.283. The van der Waals surface area contributed by atoms with E-state index in [0.717, 1.165) is 36.2 Å². The molecule has 0 saturated carbocycles. The van der Waals surface area contributed by atoms with Crippen molar-refractivity contribution in [1.29, 1.82) is 0 Å². The van der Waals surface area contributed by atoms with Crippen LogP contribution in [-0.2, 0) is 44.4 Å². The predicted octanol–water partition coefficient (Wildman–Crippen LogP) is 6.08. The highest BCUT2D eigenvalue weighted by Gasteiger charge is 2.37. The molecule has 2 aromatic heterocycles. The van der Waals surface area contributed by atoms with E-state index in [0.29, 0.717) is 64.4 Å². The molecule has 4 heterocycles.